The highest BCUT2D eigenvalue weighted by Gasteiger charge is 2.05. The summed E-state index contributed by atoms with van der Waals surface area (Å²) in [6.07, 6.45) is 54.1. The minimum atomic E-state index is 0.886. The summed E-state index contributed by atoms with van der Waals surface area (Å²) in [4.78, 5) is 2.87. The Kier molecular flexibility index (Phi) is 41.1. The van der Waals surface area contributed by atoms with Crippen LogP contribution in [0, 0.1) is 5.92 Å². The van der Waals surface area contributed by atoms with Crippen LogP contribution in [0.3, 0.4) is 0 Å². The van der Waals surface area contributed by atoms with E-state index in [1.165, 1.54) is 257 Å². The predicted octanol–water partition coefficient (Wildman–Crippen LogP) is 16.4. The lowest BCUT2D eigenvalue weighted by Gasteiger charge is -2.22. The number of unbranched alkanes of at least 4 members (excludes halogenated alkanes) is 33. The van der Waals surface area contributed by atoms with Gasteiger partial charge in [0.15, 0.2) is 0 Å². The van der Waals surface area contributed by atoms with Crippen LogP contribution in [0.5, 0.6) is 0 Å². The Morgan fingerprint density at radius 3 is 0.674 bits per heavy atom. The number of hydrogen-bond acceptors (Lipinski definition) is 1. The van der Waals surface area contributed by atoms with E-state index in [-0.39, 0.29) is 0 Å². The quantitative estimate of drug-likeness (QED) is 0.0597. The maximum atomic E-state index is 2.87. The molecule has 0 amide bonds. The second kappa shape index (κ2) is 41.1. The Labute approximate surface area is 295 Å². The smallest absolute Gasteiger partial charge is 0.00187 e. The van der Waals surface area contributed by atoms with Gasteiger partial charge in [-0.1, -0.05) is 246 Å². The normalized spacial score (nSPS) is 11.9. The lowest BCUT2D eigenvalue weighted by Crippen LogP contribution is -2.27. The third-order valence-corrected chi connectivity index (χ3v) is 10.7. The average molecular weight is 648 g/mol. The minimum absolute atomic E-state index is 0.886. The monoisotopic (exact) mass is 648 g/mol. The summed E-state index contributed by atoms with van der Waals surface area (Å²) >= 11 is 0. The van der Waals surface area contributed by atoms with Crippen LogP contribution in [0.15, 0.2) is 0 Å². The highest BCUT2D eigenvalue weighted by molar-refractivity contribution is 4.61. The van der Waals surface area contributed by atoms with E-state index in [9.17, 15) is 0 Å². The highest BCUT2D eigenvalue weighted by atomic mass is 15.1. The molecular formula is C45H93N. The maximum Gasteiger partial charge on any atom is -0.00187 e. The fraction of sp³-hybridized carbons (Fsp3) is 1.00. The Hall–Kier alpha value is -0.0400. The van der Waals surface area contributed by atoms with Gasteiger partial charge < -0.3 is 4.90 Å². The fourth-order valence-corrected chi connectivity index (χ4v) is 7.34. The van der Waals surface area contributed by atoms with Gasteiger partial charge in [-0.2, -0.15) is 0 Å². The molecule has 0 atom stereocenters. The molecule has 0 saturated heterocycles. The molecule has 0 unspecified atom stereocenters. The van der Waals surface area contributed by atoms with Crippen LogP contribution >= 0.6 is 0 Å². The van der Waals surface area contributed by atoms with Crippen LogP contribution in [0.25, 0.3) is 0 Å². The molecule has 0 saturated carbocycles. The van der Waals surface area contributed by atoms with E-state index in [1.54, 1.807) is 0 Å². The molecule has 0 aromatic heterocycles. The Morgan fingerprint density at radius 2 is 0.457 bits per heavy atom. The summed E-state index contributed by atoms with van der Waals surface area (Å²) < 4.78 is 0. The van der Waals surface area contributed by atoms with E-state index < -0.39 is 0 Å². The molecule has 0 fully saturated rings. The van der Waals surface area contributed by atoms with Gasteiger partial charge in [0, 0.05) is 0 Å². The second-order valence-electron chi connectivity index (χ2n) is 16.0. The van der Waals surface area contributed by atoms with Gasteiger partial charge in [-0.05, 0) is 44.8 Å². The second-order valence-corrected chi connectivity index (χ2v) is 16.0. The maximum absolute atomic E-state index is 2.87. The van der Waals surface area contributed by atoms with Gasteiger partial charge in [0.25, 0.3) is 0 Å². The van der Waals surface area contributed by atoms with Crippen molar-refractivity contribution in [1.82, 2.24) is 4.90 Å². The van der Waals surface area contributed by atoms with Crippen molar-refractivity contribution in [3.8, 4) is 0 Å². The Morgan fingerprint density at radius 1 is 0.261 bits per heavy atom. The summed E-state index contributed by atoms with van der Waals surface area (Å²) in [5.74, 6) is 0.886. The molecule has 0 heterocycles. The summed E-state index contributed by atoms with van der Waals surface area (Å²) in [7, 11) is 0. The van der Waals surface area contributed by atoms with Gasteiger partial charge >= 0.3 is 0 Å². The highest BCUT2D eigenvalue weighted by Crippen LogP contribution is 2.16. The molecule has 1 nitrogen and oxygen atoms in total. The molecule has 278 valence electrons. The molecule has 0 aliphatic rings. The van der Waals surface area contributed by atoms with Crippen molar-refractivity contribution in [3.05, 3.63) is 0 Å². The van der Waals surface area contributed by atoms with E-state index in [2.05, 4.69) is 32.6 Å². The van der Waals surface area contributed by atoms with E-state index in [1.807, 2.05) is 0 Å². The predicted molar refractivity (Wildman–Crippen MR) is 213 cm³/mol. The van der Waals surface area contributed by atoms with E-state index in [0.29, 0.717) is 0 Å². The van der Waals surface area contributed by atoms with Gasteiger partial charge in [0.2, 0.25) is 0 Å². The summed E-state index contributed by atoms with van der Waals surface area (Å²) in [5, 5.41) is 0. The molecule has 1 heteroatoms. The molecule has 0 aliphatic heterocycles. The summed E-state index contributed by atoms with van der Waals surface area (Å²) in [5.41, 5.74) is 0. The third kappa shape index (κ3) is 40.1. The summed E-state index contributed by atoms with van der Waals surface area (Å²) in [6.45, 7) is 13.5. The first-order valence-corrected chi connectivity index (χ1v) is 22.4. The van der Waals surface area contributed by atoms with E-state index >= 15 is 0 Å². The third-order valence-electron chi connectivity index (χ3n) is 10.7. The first kappa shape index (κ1) is 46.0. The molecule has 0 spiro atoms. The molecule has 0 rings (SSSR count). The Bertz CT molecular complexity index is 481. The number of hydrogen-bond donors (Lipinski definition) is 0. The van der Waals surface area contributed by atoms with Gasteiger partial charge in [-0.25, -0.2) is 0 Å². The first-order chi connectivity index (χ1) is 22.7. The lowest BCUT2D eigenvalue weighted by molar-refractivity contribution is 0.254. The van der Waals surface area contributed by atoms with Crippen molar-refractivity contribution in [2.75, 3.05) is 19.6 Å². The van der Waals surface area contributed by atoms with Gasteiger partial charge in [-0.15, -0.1) is 0 Å². The van der Waals surface area contributed by atoms with Crippen LogP contribution in [-0.2, 0) is 0 Å². The molecule has 0 aromatic rings. The topological polar surface area (TPSA) is 3.24 Å². The van der Waals surface area contributed by atoms with Gasteiger partial charge in [0.1, 0.15) is 0 Å². The van der Waals surface area contributed by atoms with Crippen LogP contribution in [0.2, 0.25) is 0 Å². The molecule has 0 N–H and O–H groups in total. The largest absolute Gasteiger partial charge is 0.303 e. The van der Waals surface area contributed by atoms with Crippen molar-refractivity contribution in [3.63, 3.8) is 0 Å². The zero-order chi connectivity index (χ0) is 33.4. The van der Waals surface area contributed by atoms with Crippen molar-refractivity contribution in [2.24, 2.45) is 5.92 Å². The summed E-state index contributed by atoms with van der Waals surface area (Å²) in [6, 6.07) is 0. The van der Waals surface area contributed by atoms with Gasteiger partial charge in [0.05, 0.1) is 0 Å². The molecule has 0 aromatic carbocycles. The van der Waals surface area contributed by atoms with Crippen LogP contribution in [-0.4, -0.2) is 24.5 Å². The fourth-order valence-electron chi connectivity index (χ4n) is 7.34. The van der Waals surface area contributed by atoms with Crippen LogP contribution < -0.4 is 0 Å². The molecule has 0 aliphatic carbocycles. The zero-order valence-corrected chi connectivity index (χ0v) is 33.3. The number of rotatable bonds is 41. The van der Waals surface area contributed by atoms with Crippen LogP contribution in [0.4, 0.5) is 0 Å². The van der Waals surface area contributed by atoms with Gasteiger partial charge in [-0.3, -0.25) is 0 Å². The van der Waals surface area contributed by atoms with Crippen molar-refractivity contribution in [1.29, 1.82) is 0 Å². The van der Waals surface area contributed by atoms with E-state index in [0.717, 1.165) is 5.92 Å². The number of nitrogens with zero attached hydrogens (tertiary/aromatic N) is 1. The molecular weight excluding hydrogens is 555 g/mol. The van der Waals surface area contributed by atoms with Crippen molar-refractivity contribution in [2.45, 2.75) is 265 Å². The Balaban J connectivity index is 3.91. The van der Waals surface area contributed by atoms with Crippen molar-refractivity contribution >= 4 is 0 Å². The molecule has 46 heavy (non-hydrogen) atoms. The molecule has 0 bridgehead atoms. The first-order valence-electron chi connectivity index (χ1n) is 22.4. The standard InChI is InChI=1S/C45H93N/c1-5-7-9-11-13-15-17-19-21-23-26-30-34-38-42-46(44-40-36-32-28-25-29-33-37-41-45(3)4)43-39-35-31-27-24-22-20-18-16-14-12-10-8-6-2/h45H,5-44H2,1-4H3. The van der Waals surface area contributed by atoms with Crippen molar-refractivity contribution < 1.29 is 0 Å². The molecule has 0 radical (unpaired) electrons. The average Bonchev–Trinajstić information content (AvgIpc) is 3.05. The van der Waals surface area contributed by atoms with E-state index in [4.69, 9.17) is 0 Å². The lowest BCUT2D eigenvalue weighted by atomic mass is 10.0. The minimum Gasteiger partial charge on any atom is -0.303 e. The van der Waals surface area contributed by atoms with Crippen LogP contribution in [0.1, 0.15) is 265 Å². The zero-order valence-electron chi connectivity index (χ0n) is 33.3. The SMILES string of the molecule is CCCCCCCCCCCCCCCCN(CCCCCCCCCCCCCCCC)CCCCCCCCCCC(C)C.